The van der Waals surface area contributed by atoms with E-state index in [4.69, 9.17) is 0 Å². The zero-order valence-corrected chi connectivity index (χ0v) is 13.0. The molecule has 1 aliphatic rings. The van der Waals surface area contributed by atoms with Gasteiger partial charge in [-0.3, -0.25) is 0 Å². The van der Waals surface area contributed by atoms with E-state index in [0.29, 0.717) is 12.0 Å². The summed E-state index contributed by atoms with van der Waals surface area (Å²) >= 11 is 0. The summed E-state index contributed by atoms with van der Waals surface area (Å²) < 4.78 is 0. The van der Waals surface area contributed by atoms with Crippen molar-refractivity contribution in [1.29, 1.82) is 0 Å². The molecule has 0 aromatic rings. The van der Waals surface area contributed by atoms with Crippen molar-refractivity contribution in [3.63, 3.8) is 0 Å². The summed E-state index contributed by atoms with van der Waals surface area (Å²) in [5.74, 6) is 2.08. The summed E-state index contributed by atoms with van der Waals surface area (Å²) in [5, 5.41) is 14.0. The fraction of sp³-hybridized carbons (Fsp3) is 1.00. The highest BCUT2D eigenvalue weighted by Crippen LogP contribution is 2.30. The lowest BCUT2D eigenvalue weighted by Crippen LogP contribution is -2.48. The summed E-state index contributed by atoms with van der Waals surface area (Å²) in [5.41, 5.74) is -0.562. The molecule has 0 heterocycles. The van der Waals surface area contributed by atoms with Crippen LogP contribution in [0.5, 0.6) is 0 Å². The molecule has 3 unspecified atom stereocenters. The van der Waals surface area contributed by atoms with Gasteiger partial charge >= 0.3 is 0 Å². The molecular formula is C16H33NO. The van der Waals surface area contributed by atoms with E-state index in [1.807, 2.05) is 6.92 Å². The van der Waals surface area contributed by atoms with E-state index in [1.165, 1.54) is 25.7 Å². The molecule has 0 saturated heterocycles. The Morgan fingerprint density at radius 2 is 1.78 bits per heavy atom. The standard InChI is InChI=1S/C16H33NO/c1-12(2)10-16(5,18)11-17-15-9-7-6-8-14(15)13(3)4/h12-15,17-18H,6-11H2,1-5H3. The third-order valence-electron chi connectivity index (χ3n) is 4.27. The number of aliphatic hydroxyl groups is 1. The zero-order valence-electron chi connectivity index (χ0n) is 13.0. The zero-order chi connectivity index (χ0) is 13.8. The van der Waals surface area contributed by atoms with Gasteiger partial charge in [-0.15, -0.1) is 0 Å². The van der Waals surface area contributed by atoms with E-state index < -0.39 is 5.60 Å². The number of hydrogen-bond donors (Lipinski definition) is 2. The van der Waals surface area contributed by atoms with Gasteiger partial charge in [0.2, 0.25) is 0 Å². The van der Waals surface area contributed by atoms with Crippen LogP contribution in [0.3, 0.4) is 0 Å². The molecule has 108 valence electrons. The van der Waals surface area contributed by atoms with Crippen LogP contribution in [-0.2, 0) is 0 Å². The van der Waals surface area contributed by atoms with E-state index in [2.05, 4.69) is 33.0 Å². The number of hydrogen-bond acceptors (Lipinski definition) is 2. The molecule has 0 bridgehead atoms. The molecular weight excluding hydrogens is 222 g/mol. The molecule has 1 rings (SSSR count). The molecule has 0 aromatic heterocycles. The minimum atomic E-state index is -0.562. The Balaban J connectivity index is 2.45. The van der Waals surface area contributed by atoms with Gasteiger partial charge in [0.25, 0.3) is 0 Å². The second-order valence-corrected chi connectivity index (χ2v) is 7.27. The molecule has 0 aliphatic heterocycles. The maximum Gasteiger partial charge on any atom is 0.0746 e. The highest BCUT2D eigenvalue weighted by Gasteiger charge is 2.29. The molecule has 2 nitrogen and oxygen atoms in total. The summed E-state index contributed by atoms with van der Waals surface area (Å²) in [6.45, 7) is 11.7. The Bertz CT molecular complexity index is 235. The van der Waals surface area contributed by atoms with Crippen LogP contribution in [-0.4, -0.2) is 23.3 Å². The Morgan fingerprint density at radius 1 is 1.17 bits per heavy atom. The second kappa shape index (κ2) is 6.91. The van der Waals surface area contributed by atoms with Gasteiger partial charge in [-0.05, 0) is 43.9 Å². The topological polar surface area (TPSA) is 32.3 Å². The molecule has 1 saturated carbocycles. The van der Waals surface area contributed by atoms with Gasteiger partial charge in [-0.25, -0.2) is 0 Å². The minimum absolute atomic E-state index is 0.550. The molecule has 1 aliphatic carbocycles. The Kier molecular flexibility index (Phi) is 6.13. The first-order valence-corrected chi connectivity index (χ1v) is 7.77. The van der Waals surface area contributed by atoms with E-state index in [-0.39, 0.29) is 0 Å². The summed E-state index contributed by atoms with van der Waals surface area (Å²) in [6.07, 6.45) is 6.22. The SMILES string of the molecule is CC(C)CC(C)(O)CNC1CCCCC1C(C)C. The molecule has 2 N–H and O–H groups in total. The lowest BCUT2D eigenvalue weighted by atomic mass is 9.77. The minimum Gasteiger partial charge on any atom is -0.389 e. The number of rotatable bonds is 6. The van der Waals surface area contributed by atoms with Crippen molar-refractivity contribution in [2.45, 2.75) is 78.4 Å². The maximum absolute atomic E-state index is 10.4. The summed E-state index contributed by atoms with van der Waals surface area (Å²) in [4.78, 5) is 0. The van der Waals surface area contributed by atoms with Crippen molar-refractivity contribution in [3.8, 4) is 0 Å². The third-order valence-corrected chi connectivity index (χ3v) is 4.27. The quantitative estimate of drug-likeness (QED) is 0.760. The highest BCUT2D eigenvalue weighted by atomic mass is 16.3. The van der Waals surface area contributed by atoms with Gasteiger partial charge in [0.1, 0.15) is 0 Å². The van der Waals surface area contributed by atoms with E-state index >= 15 is 0 Å². The molecule has 0 amide bonds. The summed E-state index contributed by atoms with van der Waals surface area (Å²) in [6, 6.07) is 0.609. The second-order valence-electron chi connectivity index (χ2n) is 7.27. The van der Waals surface area contributed by atoms with Crippen molar-refractivity contribution in [1.82, 2.24) is 5.32 Å². The third kappa shape index (κ3) is 5.27. The average Bonchev–Trinajstić information content (AvgIpc) is 2.25. The Labute approximate surface area is 114 Å². The van der Waals surface area contributed by atoms with Gasteiger partial charge in [0.15, 0.2) is 0 Å². The lowest BCUT2D eigenvalue weighted by Gasteiger charge is -2.37. The van der Waals surface area contributed by atoms with Crippen molar-refractivity contribution >= 4 is 0 Å². The van der Waals surface area contributed by atoms with Gasteiger partial charge in [-0.2, -0.15) is 0 Å². The van der Waals surface area contributed by atoms with Crippen LogP contribution in [0.25, 0.3) is 0 Å². The van der Waals surface area contributed by atoms with Crippen LogP contribution in [0.4, 0.5) is 0 Å². The number of nitrogens with one attached hydrogen (secondary N) is 1. The molecule has 2 heteroatoms. The smallest absolute Gasteiger partial charge is 0.0746 e. The van der Waals surface area contributed by atoms with Crippen molar-refractivity contribution < 1.29 is 5.11 Å². The first-order valence-electron chi connectivity index (χ1n) is 7.77. The van der Waals surface area contributed by atoms with Crippen LogP contribution in [0.1, 0.15) is 66.7 Å². The van der Waals surface area contributed by atoms with Crippen LogP contribution in [0.15, 0.2) is 0 Å². The van der Waals surface area contributed by atoms with E-state index in [9.17, 15) is 5.11 Å². The normalized spacial score (nSPS) is 28.7. The van der Waals surface area contributed by atoms with Crippen molar-refractivity contribution in [2.24, 2.45) is 17.8 Å². The molecule has 0 radical (unpaired) electrons. The Hall–Kier alpha value is -0.0800. The molecule has 3 atom stereocenters. The maximum atomic E-state index is 10.4. The molecule has 1 fully saturated rings. The predicted molar refractivity (Wildman–Crippen MR) is 78.7 cm³/mol. The fourth-order valence-corrected chi connectivity index (χ4v) is 3.51. The highest BCUT2D eigenvalue weighted by molar-refractivity contribution is 4.86. The van der Waals surface area contributed by atoms with Crippen molar-refractivity contribution in [3.05, 3.63) is 0 Å². The van der Waals surface area contributed by atoms with Gasteiger partial charge in [-0.1, -0.05) is 40.5 Å². The fourth-order valence-electron chi connectivity index (χ4n) is 3.51. The first-order chi connectivity index (χ1) is 8.32. The van der Waals surface area contributed by atoms with Crippen LogP contribution < -0.4 is 5.32 Å². The first kappa shape index (κ1) is 16.0. The van der Waals surface area contributed by atoms with E-state index in [0.717, 1.165) is 24.8 Å². The van der Waals surface area contributed by atoms with Crippen LogP contribution in [0.2, 0.25) is 0 Å². The van der Waals surface area contributed by atoms with Crippen LogP contribution >= 0.6 is 0 Å². The van der Waals surface area contributed by atoms with Gasteiger partial charge in [0, 0.05) is 12.6 Å². The monoisotopic (exact) mass is 255 g/mol. The van der Waals surface area contributed by atoms with Crippen molar-refractivity contribution in [2.75, 3.05) is 6.54 Å². The molecule has 18 heavy (non-hydrogen) atoms. The molecule has 0 spiro atoms. The summed E-state index contributed by atoms with van der Waals surface area (Å²) in [7, 11) is 0. The predicted octanol–water partition coefficient (Wildman–Crippen LogP) is 3.59. The lowest BCUT2D eigenvalue weighted by molar-refractivity contribution is 0.0302. The molecule has 0 aromatic carbocycles. The van der Waals surface area contributed by atoms with Crippen LogP contribution in [0, 0.1) is 17.8 Å². The average molecular weight is 255 g/mol. The van der Waals surface area contributed by atoms with Gasteiger partial charge < -0.3 is 10.4 Å². The van der Waals surface area contributed by atoms with Gasteiger partial charge in [0.05, 0.1) is 5.60 Å². The largest absolute Gasteiger partial charge is 0.389 e. The van der Waals surface area contributed by atoms with E-state index in [1.54, 1.807) is 0 Å². The Morgan fingerprint density at radius 3 is 2.33 bits per heavy atom.